The van der Waals surface area contributed by atoms with Gasteiger partial charge in [0, 0.05) is 13.1 Å². The van der Waals surface area contributed by atoms with E-state index in [1.54, 1.807) is 12.3 Å². The van der Waals surface area contributed by atoms with Gasteiger partial charge >= 0.3 is 0 Å². The SMILES string of the molecule is CC(C)OC1CN(C(=O)[C@@]2(C)CC[C@H](c3cnnc(-c4c(F)cccc4F)c3)C2(C)C)C1. The van der Waals surface area contributed by atoms with Crippen LogP contribution in [0.5, 0.6) is 0 Å². The molecular formula is C25H31F2N3O2. The maximum atomic E-state index is 14.3. The van der Waals surface area contributed by atoms with Crippen molar-refractivity contribution in [3.05, 3.63) is 47.7 Å². The van der Waals surface area contributed by atoms with E-state index in [-0.39, 0.29) is 40.7 Å². The van der Waals surface area contributed by atoms with Crippen molar-refractivity contribution in [3.8, 4) is 11.3 Å². The number of amides is 1. The van der Waals surface area contributed by atoms with E-state index in [0.717, 1.165) is 18.4 Å². The summed E-state index contributed by atoms with van der Waals surface area (Å²) < 4.78 is 34.4. The second kappa shape index (κ2) is 8.18. The van der Waals surface area contributed by atoms with Crippen LogP contribution in [0.3, 0.4) is 0 Å². The normalized spacial score (nSPS) is 25.2. The van der Waals surface area contributed by atoms with Crippen molar-refractivity contribution in [1.82, 2.24) is 15.1 Å². The molecule has 2 aliphatic rings. The molecule has 32 heavy (non-hydrogen) atoms. The minimum Gasteiger partial charge on any atom is -0.372 e. The summed E-state index contributed by atoms with van der Waals surface area (Å²) in [7, 11) is 0. The summed E-state index contributed by atoms with van der Waals surface area (Å²) in [6, 6.07) is 5.47. The number of benzene rings is 1. The second-order valence-electron chi connectivity index (χ2n) is 10.1. The highest BCUT2D eigenvalue weighted by molar-refractivity contribution is 5.84. The number of carbonyl (C=O) groups excluding carboxylic acids is 1. The third-order valence-electron chi connectivity index (χ3n) is 7.60. The summed E-state index contributed by atoms with van der Waals surface area (Å²) >= 11 is 0. The first-order valence-electron chi connectivity index (χ1n) is 11.3. The summed E-state index contributed by atoms with van der Waals surface area (Å²) in [5.74, 6) is -1.17. The summed E-state index contributed by atoms with van der Waals surface area (Å²) in [6.45, 7) is 11.5. The zero-order valence-electron chi connectivity index (χ0n) is 19.4. The Bertz CT molecular complexity index is 1000. The number of likely N-dealkylation sites (tertiary alicyclic amines) is 1. The molecule has 1 aromatic carbocycles. The van der Waals surface area contributed by atoms with Gasteiger partial charge in [0.2, 0.25) is 5.91 Å². The smallest absolute Gasteiger partial charge is 0.229 e. The van der Waals surface area contributed by atoms with Crippen molar-refractivity contribution in [2.75, 3.05) is 13.1 Å². The van der Waals surface area contributed by atoms with Crippen molar-refractivity contribution in [2.24, 2.45) is 10.8 Å². The monoisotopic (exact) mass is 443 g/mol. The van der Waals surface area contributed by atoms with Crippen LogP contribution < -0.4 is 0 Å². The van der Waals surface area contributed by atoms with Gasteiger partial charge in [0.1, 0.15) is 11.6 Å². The molecule has 2 heterocycles. The topological polar surface area (TPSA) is 55.3 Å². The number of hydrogen-bond acceptors (Lipinski definition) is 4. The summed E-state index contributed by atoms with van der Waals surface area (Å²) in [5, 5.41) is 8.04. The van der Waals surface area contributed by atoms with Gasteiger partial charge in [0.15, 0.2) is 0 Å². The number of hydrogen-bond donors (Lipinski definition) is 0. The van der Waals surface area contributed by atoms with Crippen LogP contribution in [-0.4, -0.2) is 46.3 Å². The Balaban J connectivity index is 1.57. The largest absolute Gasteiger partial charge is 0.372 e. The van der Waals surface area contributed by atoms with E-state index >= 15 is 0 Å². The molecule has 1 saturated heterocycles. The number of ether oxygens (including phenoxy) is 1. The molecule has 1 aliphatic heterocycles. The lowest BCUT2D eigenvalue weighted by atomic mass is 9.63. The van der Waals surface area contributed by atoms with Crippen LogP contribution in [-0.2, 0) is 9.53 Å². The fourth-order valence-corrected chi connectivity index (χ4v) is 5.33. The summed E-state index contributed by atoms with van der Waals surface area (Å²) in [5.41, 5.74) is -0.0720. The van der Waals surface area contributed by atoms with E-state index in [1.165, 1.54) is 18.2 Å². The molecule has 1 saturated carbocycles. The fourth-order valence-electron chi connectivity index (χ4n) is 5.33. The predicted octanol–water partition coefficient (Wildman–Crippen LogP) is 4.97. The second-order valence-corrected chi connectivity index (χ2v) is 10.1. The van der Waals surface area contributed by atoms with Gasteiger partial charge in [-0.15, -0.1) is 0 Å². The van der Waals surface area contributed by atoms with E-state index < -0.39 is 17.0 Å². The number of carbonyl (C=O) groups is 1. The van der Waals surface area contributed by atoms with Crippen LogP contribution in [0.25, 0.3) is 11.3 Å². The first-order valence-corrected chi connectivity index (χ1v) is 11.3. The van der Waals surface area contributed by atoms with Gasteiger partial charge in [0.05, 0.1) is 35.1 Å². The molecule has 1 aromatic heterocycles. The number of halogens is 2. The number of rotatable bonds is 5. The molecule has 2 atom stereocenters. The first-order chi connectivity index (χ1) is 15.0. The van der Waals surface area contributed by atoms with Crippen molar-refractivity contribution in [1.29, 1.82) is 0 Å². The Kier molecular flexibility index (Phi) is 5.82. The summed E-state index contributed by atoms with van der Waals surface area (Å²) in [6.07, 6.45) is 3.43. The van der Waals surface area contributed by atoms with Gasteiger partial charge in [-0.3, -0.25) is 4.79 Å². The van der Waals surface area contributed by atoms with Crippen LogP contribution in [0.1, 0.15) is 58.9 Å². The third kappa shape index (κ3) is 3.70. The van der Waals surface area contributed by atoms with Crippen LogP contribution in [0.2, 0.25) is 0 Å². The van der Waals surface area contributed by atoms with Gasteiger partial charge in [-0.05, 0) is 61.8 Å². The average molecular weight is 444 g/mol. The minimum atomic E-state index is -0.668. The lowest BCUT2D eigenvalue weighted by molar-refractivity contribution is -0.163. The van der Waals surface area contributed by atoms with Crippen molar-refractivity contribution >= 4 is 5.91 Å². The number of aromatic nitrogens is 2. The summed E-state index contributed by atoms with van der Waals surface area (Å²) in [4.78, 5) is 15.4. The molecule has 5 nitrogen and oxygen atoms in total. The Morgan fingerprint density at radius 2 is 1.84 bits per heavy atom. The van der Waals surface area contributed by atoms with Gasteiger partial charge < -0.3 is 9.64 Å². The lowest BCUT2D eigenvalue weighted by Crippen LogP contribution is -2.60. The Morgan fingerprint density at radius 1 is 1.19 bits per heavy atom. The Morgan fingerprint density at radius 3 is 2.47 bits per heavy atom. The molecule has 0 bridgehead atoms. The van der Waals surface area contributed by atoms with Crippen molar-refractivity contribution in [2.45, 2.75) is 65.6 Å². The van der Waals surface area contributed by atoms with E-state index in [2.05, 4.69) is 24.0 Å². The van der Waals surface area contributed by atoms with Gasteiger partial charge in [-0.1, -0.05) is 26.8 Å². The molecule has 1 amide bonds. The van der Waals surface area contributed by atoms with Gasteiger partial charge in [-0.25, -0.2) is 8.78 Å². The Labute approximate surface area is 188 Å². The van der Waals surface area contributed by atoms with Crippen LogP contribution in [0, 0.1) is 22.5 Å². The molecule has 7 heteroatoms. The van der Waals surface area contributed by atoms with Crippen LogP contribution in [0.4, 0.5) is 8.78 Å². The standard InChI is InChI=1S/C25H31F2N3O2/c1-15(2)32-17-13-30(14-17)23(31)25(5)10-9-18(24(25,3)4)16-11-21(29-28-12-16)22-19(26)7-6-8-20(22)27/h6-8,11-12,15,17-18H,9-10,13-14H2,1-5H3/t18-,25-/m1/s1. The van der Waals surface area contributed by atoms with E-state index in [4.69, 9.17) is 4.74 Å². The first kappa shape index (κ1) is 22.8. The number of nitrogens with zero attached hydrogens (tertiary/aromatic N) is 3. The molecule has 0 N–H and O–H groups in total. The molecule has 172 valence electrons. The maximum Gasteiger partial charge on any atom is 0.229 e. The van der Waals surface area contributed by atoms with Crippen LogP contribution >= 0.6 is 0 Å². The molecule has 2 fully saturated rings. The maximum absolute atomic E-state index is 14.3. The highest BCUT2D eigenvalue weighted by atomic mass is 19.1. The molecule has 0 spiro atoms. The van der Waals surface area contributed by atoms with Crippen LogP contribution in [0.15, 0.2) is 30.5 Å². The molecule has 2 aromatic rings. The van der Waals surface area contributed by atoms with Crippen molar-refractivity contribution < 1.29 is 18.3 Å². The Hall–Kier alpha value is -2.41. The third-order valence-corrected chi connectivity index (χ3v) is 7.60. The molecule has 0 radical (unpaired) electrons. The highest BCUT2D eigenvalue weighted by Crippen LogP contribution is 2.60. The highest BCUT2D eigenvalue weighted by Gasteiger charge is 2.58. The molecule has 1 aliphatic carbocycles. The lowest BCUT2D eigenvalue weighted by Gasteiger charge is -2.48. The van der Waals surface area contributed by atoms with Crippen molar-refractivity contribution in [3.63, 3.8) is 0 Å². The zero-order chi connectivity index (χ0) is 23.3. The van der Waals surface area contributed by atoms with Gasteiger partial charge in [0.25, 0.3) is 0 Å². The quantitative estimate of drug-likeness (QED) is 0.655. The average Bonchev–Trinajstić information content (AvgIpc) is 2.94. The van der Waals surface area contributed by atoms with E-state index in [1.807, 2.05) is 25.7 Å². The molecule has 4 rings (SSSR count). The zero-order valence-corrected chi connectivity index (χ0v) is 19.4. The fraction of sp³-hybridized carbons (Fsp3) is 0.560. The predicted molar refractivity (Wildman–Crippen MR) is 118 cm³/mol. The van der Waals surface area contributed by atoms with E-state index in [9.17, 15) is 13.6 Å². The van der Waals surface area contributed by atoms with Gasteiger partial charge in [-0.2, -0.15) is 10.2 Å². The van der Waals surface area contributed by atoms with E-state index in [0.29, 0.717) is 13.1 Å². The molecule has 0 unspecified atom stereocenters. The minimum absolute atomic E-state index is 0.0181. The molecular weight excluding hydrogens is 412 g/mol.